The van der Waals surface area contributed by atoms with E-state index in [1.54, 1.807) is 9.80 Å². The zero-order valence-electron chi connectivity index (χ0n) is 26.2. The maximum atomic E-state index is 13.8. The summed E-state index contributed by atoms with van der Waals surface area (Å²) in [5.41, 5.74) is 3.29. The van der Waals surface area contributed by atoms with Gasteiger partial charge in [0.1, 0.15) is 12.2 Å². The fourth-order valence-electron chi connectivity index (χ4n) is 7.27. The number of nitrogens with zero attached hydrogens (tertiary/aromatic N) is 3. The SMILES string of the molecule is CC(C)(C)OC(=O)N1CCN(C2CCC(N(CC3(C(=O)O)CC3)C(=O)OCC3c4ccccc4-c4ccccc43)CC2)CC1. The van der Waals surface area contributed by atoms with Crippen LogP contribution in [0.25, 0.3) is 11.1 Å². The van der Waals surface area contributed by atoms with E-state index >= 15 is 0 Å². The molecule has 4 aliphatic rings. The first-order valence-electron chi connectivity index (χ1n) is 16.1. The average molecular weight is 604 g/mol. The van der Waals surface area contributed by atoms with Gasteiger partial charge in [0.15, 0.2) is 0 Å². The molecule has 9 heteroatoms. The molecule has 1 N–H and O–H groups in total. The summed E-state index contributed by atoms with van der Waals surface area (Å²) in [6, 6.07) is 16.9. The number of ether oxygens (including phenoxy) is 2. The number of amides is 2. The normalized spacial score (nSPS) is 22.9. The summed E-state index contributed by atoms with van der Waals surface area (Å²) >= 11 is 0. The lowest BCUT2D eigenvalue weighted by atomic mass is 9.88. The standard InChI is InChI=1S/C35H45N3O6/c1-34(2,3)44-32(41)37-20-18-36(19-21-37)24-12-14-25(15-13-24)38(23-35(16-17-35)31(39)40)33(42)43-22-30-28-10-6-4-8-26(28)27-9-5-7-11-29(27)30/h4-11,24-25,30H,12-23H2,1-3H3,(H,39,40). The van der Waals surface area contributed by atoms with E-state index in [1.807, 2.05) is 45.0 Å². The number of aliphatic carboxylic acids is 1. The van der Waals surface area contributed by atoms with Crippen LogP contribution < -0.4 is 0 Å². The summed E-state index contributed by atoms with van der Waals surface area (Å²) in [6.45, 7) is 8.94. The first-order chi connectivity index (χ1) is 21.0. The van der Waals surface area contributed by atoms with Gasteiger partial charge >= 0.3 is 18.2 Å². The minimum Gasteiger partial charge on any atom is -0.481 e. The Morgan fingerprint density at radius 1 is 0.886 bits per heavy atom. The number of hydrogen-bond donors (Lipinski definition) is 1. The average Bonchev–Trinajstić information content (AvgIpc) is 3.74. The Kier molecular flexibility index (Phi) is 8.35. The fraction of sp³-hybridized carbons (Fsp3) is 0.571. The molecule has 0 atom stereocenters. The van der Waals surface area contributed by atoms with Gasteiger partial charge in [-0.05, 0) is 81.5 Å². The van der Waals surface area contributed by atoms with Crippen molar-refractivity contribution in [3.63, 3.8) is 0 Å². The second-order valence-electron chi connectivity index (χ2n) is 14.0. The second-order valence-corrected chi connectivity index (χ2v) is 14.0. The van der Waals surface area contributed by atoms with E-state index in [4.69, 9.17) is 9.47 Å². The first-order valence-corrected chi connectivity index (χ1v) is 16.1. The molecule has 3 fully saturated rings. The van der Waals surface area contributed by atoms with Gasteiger partial charge in [0.05, 0.1) is 5.41 Å². The van der Waals surface area contributed by atoms with Gasteiger partial charge in [-0.1, -0.05) is 48.5 Å². The lowest BCUT2D eigenvalue weighted by Gasteiger charge is -2.44. The molecule has 1 heterocycles. The van der Waals surface area contributed by atoms with E-state index in [0.717, 1.165) is 49.9 Å². The highest BCUT2D eigenvalue weighted by Crippen LogP contribution is 2.48. The van der Waals surface area contributed by atoms with Crippen molar-refractivity contribution in [1.82, 2.24) is 14.7 Å². The van der Waals surface area contributed by atoms with E-state index < -0.39 is 23.1 Å². The van der Waals surface area contributed by atoms with Crippen molar-refractivity contribution in [3.8, 4) is 11.1 Å². The van der Waals surface area contributed by atoms with Crippen molar-refractivity contribution in [2.45, 2.75) is 82.9 Å². The number of carbonyl (C=O) groups excluding carboxylic acids is 2. The van der Waals surface area contributed by atoms with Crippen LogP contribution in [0.2, 0.25) is 0 Å². The Balaban J connectivity index is 1.08. The molecule has 44 heavy (non-hydrogen) atoms. The van der Waals surface area contributed by atoms with E-state index in [-0.39, 0.29) is 31.2 Å². The van der Waals surface area contributed by atoms with Crippen molar-refractivity contribution in [2.24, 2.45) is 5.41 Å². The molecule has 0 radical (unpaired) electrons. The number of rotatable bonds is 7. The van der Waals surface area contributed by atoms with Crippen molar-refractivity contribution < 1.29 is 29.0 Å². The van der Waals surface area contributed by atoms with Crippen LogP contribution in [0.4, 0.5) is 9.59 Å². The molecule has 0 unspecified atom stereocenters. The minimum atomic E-state index is -0.861. The molecule has 2 aromatic carbocycles. The lowest BCUT2D eigenvalue weighted by Crippen LogP contribution is -2.54. The third-order valence-electron chi connectivity index (χ3n) is 9.94. The molecule has 0 aromatic heterocycles. The van der Waals surface area contributed by atoms with Crippen molar-refractivity contribution in [2.75, 3.05) is 39.3 Å². The highest BCUT2D eigenvalue weighted by atomic mass is 16.6. The van der Waals surface area contributed by atoms with Gasteiger partial charge in [-0.15, -0.1) is 0 Å². The van der Waals surface area contributed by atoms with Gasteiger partial charge in [-0.25, -0.2) is 9.59 Å². The van der Waals surface area contributed by atoms with Gasteiger partial charge in [-0.2, -0.15) is 0 Å². The van der Waals surface area contributed by atoms with Crippen LogP contribution in [0.1, 0.15) is 76.3 Å². The Morgan fingerprint density at radius 2 is 1.45 bits per heavy atom. The Bertz CT molecular complexity index is 1340. The summed E-state index contributed by atoms with van der Waals surface area (Å²) < 4.78 is 11.6. The van der Waals surface area contributed by atoms with Crippen molar-refractivity contribution in [3.05, 3.63) is 59.7 Å². The van der Waals surface area contributed by atoms with Gasteiger partial charge in [-0.3, -0.25) is 9.69 Å². The zero-order valence-corrected chi connectivity index (χ0v) is 26.2. The van der Waals surface area contributed by atoms with Gasteiger partial charge < -0.3 is 24.4 Å². The summed E-state index contributed by atoms with van der Waals surface area (Å²) in [5.74, 6) is -0.872. The van der Waals surface area contributed by atoms with Crippen LogP contribution >= 0.6 is 0 Å². The number of fused-ring (bicyclic) bond motifs is 3. The number of carbonyl (C=O) groups is 3. The van der Waals surface area contributed by atoms with Gasteiger partial charge in [0.25, 0.3) is 0 Å². The predicted molar refractivity (Wildman–Crippen MR) is 167 cm³/mol. The van der Waals surface area contributed by atoms with E-state index in [1.165, 1.54) is 11.1 Å². The quantitative estimate of drug-likeness (QED) is 0.417. The number of hydrogen-bond acceptors (Lipinski definition) is 6. The maximum absolute atomic E-state index is 13.8. The topological polar surface area (TPSA) is 99.6 Å². The summed E-state index contributed by atoms with van der Waals surface area (Å²) in [6.07, 6.45) is 3.96. The monoisotopic (exact) mass is 603 g/mol. The van der Waals surface area contributed by atoms with Crippen LogP contribution in [-0.4, -0.2) is 95.0 Å². The molecule has 0 bridgehead atoms. The van der Waals surface area contributed by atoms with E-state index in [0.29, 0.717) is 32.0 Å². The van der Waals surface area contributed by atoms with Crippen molar-refractivity contribution >= 4 is 18.2 Å². The Hall–Kier alpha value is -3.59. The third-order valence-corrected chi connectivity index (χ3v) is 9.94. The first kappa shape index (κ1) is 30.4. The Labute approximate surface area is 260 Å². The molecule has 6 rings (SSSR count). The second kappa shape index (κ2) is 12.1. The molecule has 2 saturated carbocycles. The van der Waals surface area contributed by atoms with Crippen molar-refractivity contribution in [1.29, 1.82) is 0 Å². The number of benzene rings is 2. The molecule has 3 aliphatic carbocycles. The van der Waals surface area contributed by atoms with Crippen LogP contribution in [0, 0.1) is 5.41 Å². The summed E-state index contributed by atoms with van der Waals surface area (Å²) in [5, 5.41) is 9.97. The third kappa shape index (κ3) is 6.29. The lowest BCUT2D eigenvalue weighted by molar-refractivity contribution is -0.144. The predicted octanol–water partition coefficient (Wildman–Crippen LogP) is 5.97. The Morgan fingerprint density at radius 3 is 1.98 bits per heavy atom. The molecular weight excluding hydrogens is 558 g/mol. The zero-order chi connectivity index (χ0) is 31.1. The van der Waals surface area contributed by atoms with Crippen LogP contribution in [0.15, 0.2) is 48.5 Å². The van der Waals surface area contributed by atoms with Crippen LogP contribution in [0.5, 0.6) is 0 Å². The largest absolute Gasteiger partial charge is 0.481 e. The fourth-order valence-corrected chi connectivity index (χ4v) is 7.27. The minimum absolute atomic E-state index is 0.0438. The highest BCUT2D eigenvalue weighted by Gasteiger charge is 2.53. The number of piperazine rings is 1. The van der Waals surface area contributed by atoms with E-state index in [2.05, 4.69) is 29.2 Å². The van der Waals surface area contributed by atoms with E-state index in [9.17, 15) is 19.5 Å². The molecule has 236 valence electrons. The molecule has 1 aliphatic heterocycles. The molecular formula is C35H45N3O6. The van der Waals surface area contributed by atoms with Gasteiger partial charge in [0, 0.05) is 50.7 Å². The van der Waals surface area contributed by atoms with Crippen LogP contribution in [0.3, 0.4) is 0 Å². The molecule has 2 amide bonds. The van der Waals surface area contributed by atoms with Gasteiger partial charge in [0.2, 0.25) is 0 Å². The number of carboxylic acid groups (broad SMARTS) is 1. The molecule has 1 saturated heterocycles. The molecule has 0 spiro atoms. The maximum Gasteiger partial charge on any atom is 0.410 e. The molecule has 9 nitrogen and oxygen atoms in total. The summed E-state index contributed by atoms with van der Waals surface area (Å²) in [4.78, 5) is 44.4. The number of carboxylic acids is 1. The highest BCUT2D eigenvalue weighted by molar-refractivity contribution is 5.80. The summed E-state index contributed by atoms with van der Waals surface area (Å²) in [7, 11) is 0. The molecule has 2 aromatic rings. The van der Waals surface area contributed by atoms with Crippen LogP contribution in [-0.2, 0) is 14.3 Å². The smallest absolute Gasteiger partial charge is 0.410 e.